The number of carbonyl (C=O) groups is 1. The molecule has 0 spiro atoms. The largest absolute Gasteiger partial charge is 0.353 e. The summed E-state index contributed by atoms with van der Waals surface area (Å²) < 4.78 is 0. The third-order valence-corrected chi connectivity index (χ3v) is 4.52. The quantitative estimate of drug-likeness (QED) is 0.795. The molecule has 1 aliphatic heterocycles. The first-order chi connectivity index (χ1) is 12.3. The molecular formula is C20H26N4O. The van der Waals surface area contributed by atoms with Crippen molar-refractivity contribution in [2.75, 3.05) is 31.1 Å². The number of amides is 1. The third-order valence-electron chi connectivity index (χ3n) is 4.52. The Bertz CT molecular complexity index is 689. The lowest BCUT2D eigenvalue weighted by molar-refractivity contribution is 0.0953. The summed E-state index contributed by atoms with van der Waals surface area (Å²) >= 11 is 0. The summed E-state index contributed by atoms with van der Waals surface area (Å²) in [5, 5.41) is 6.53. The Morgan fingerprint density at radius 1 is 1.32 bits per heavy atom. The van der Waals surface area contributed by atoms with Gasteiger partial charge in [0.15, 0.2) is 0 Å². The number of hydrogen-bond donors (Lipinski definition) is 2. The van der Waals surface area contributed by atoms with Crippen LogP contribution in [-0.2, 0) is 0 Å². The van der Waals surface area contributed by atoms with Crippen LogP contribution >= 0.6 is 0 Å². The Morgan fingerprint density at radius 2 is 2.16 bits per heavy atom. The lowest BCUT2D eigenvalue weighted by atomic mass is 10.0. The molecule has 2 aromatic rings. The minimum Gasteiger partial charge on any atom is -0.353 e. The van der Waals surface area contributed by atoms with Gasteiger partial charge < -0.3 is 15.5 Å². The molecule has 5 nitrogen and oxygen atoms in total. The number of nitrogens with one attached hydrogen (secondary N) is 2. The Kier molecular flexibility index (Phi) is 6.01. The van der Waals surface area contributed by atoms with E-state index in [0.29, 0.717) is 5.56 Å². The van der Waals surface area contributed by atoms with E-state index in [1.807, 2.05) is 12.1 Å². The highest BCUT2D eigenvalue weighted by Gasteiger charge is 2.22. The first kappa shape index (κ1) is 17.4. The molecule has 132 valence electrons. The Labute approximate surface area is 149 Å². The average Bonchev–Trinajstić information content (AvgIpc) is 2.69. The van der Waals surface area contributed by atoms with Crippen molar-refractivity contribution < 1.29 is 4.79 Å². The van der Waals surface area contributed by atoms with Crippen LogP contribution in [0.15, 0.2) is 48.7 Å². The number of piperazine rings is 1. The highest BCUT2D eigenvalue weighted by atomic mass is 16.1. The number of benzene rings is 1. The van der Waals surface area contributed by atoms with Gasteiger partial charge in [-0.2, -0.15) is 0 Å². The summed E-state index contributed by atoms with van der Waals surface area (Å²) in [7, 11) is 0. The zero-order valence-electron chi connectivity index (χ0n) is 14.7. The summed E-state index contributed by atoms with van der Waals surface area (Å²) in [5.74, 6) is 0.845. The minimum absolute atomic E-state index is 0.0214. The number of rotatable bonds is 6. The fraction of sp³-hybridized carbons (Fsp3) is 0.400. The topological polar surface area (TPSA) is 57.3 Å². The molecule has 1 fully saturated rings. The van der Waals surface area contributed by atoms with Crippen molar-refractivity contribution in [3.8, 4) is 0 Å². The van der Waals surface area contributed by atoms with Gasteiger partial charge in [-0.15, -0.1) is 0 Å². The predicted octanol–water partition coefficient (Wildman–Crippen LogP) is 2.76. The van der Waals surface area contributed by atoms with Gasteiger partial charge in [0, 0.05) is 44.0 Å². The lowest BCUT2D eigenvalue weighted by Gasteiger charge is -2.34. The number of carbonyl (C=O) groups excluding carboxylic acids is 1. The fourth-order valence-corrected chi connectivity index (χ4v) is 3.08. The molecule has 0 radical (unpaired) electrons. The highest BCUT2D eigenvalue weighted by Crippen LogP contribution is 2.21. The van der Waals surface area contributed by atoms with Crippen LogP contribution in [0.5, 0.6) is 0 Å². The van der Waals surface area contributed by atoms with E-state index in [-0.39, 0.29) is 11.9 Å². The summed E-state index contributed by atoms with van der Waals surface area (Å²) in [6.07, 6.45) is 3.80. The van der Waals surface area contributed by atoms with E-state index in [2.05, 4.69) is 51.7 Å². The number of anilines is 1. The number of unbranched alkanes of at least 4 members (excludes halogenated alkanes) is 1. The molecular weight excluding hydrogens is 312 g/mol. The standard InChI is InChI=1S/C20H26N4O/c1-2-3-10-23-20(25)17-9-11-22-19(14-17)24-13-12-21-18(15-24)16-7-5-4-6-8-16/h4-9,11,14,18,21H,2-3,10,12-13,15H2,1H3,(H,23,25)/t18-/m1/s1. The van der Waals surface area contributed by atoms with Crippen LogP contribution in [0, 0.1) is 0 Å². The van der Waals surface area contributed by atoms with Crippen molar-refractivity contribution in [2.24, 2.45) is 0 Å². The summed E-state index contributed by atoms with van der Waals surface area (Å²) in [6, 6.07) is 14.4. The zero-order chi connectivity index (χ0) is 17.5. The molecule has 25 heavy (non-hydrogen) atoms. The normalized spacial score (nSPS) is 17.3. The molecule has 0 saturated carbocycles. The minimum atomic E-state index is -0.0214. The van der Waals surface area contributed by atoms with Gasteiger partial charge in [-0.1, -0.05) is 43.7 Å². The van der Waals surface area contributed by atoms with Crippen LogP contribution < -0.4 is 15.5 Å². The van der Waals surface area contributed by atoms with E-state index >= 15 is 0 Å². The van der Waals surface area contributed by atoms with Crippen LogP contribution in [0.1, 0.15) is 41.7 Å². The number of hydrogen-bond acceptors (Lipinski definition) is 4. The maximum absolute atomic E-state index is 12.3. The fourth-order valence-electron chi connectivity index (χ4n) is 3.08. The summed E-state index contributed by atoms with van der Waals surface area (Å²) in [4.78, 5) is 19.0. The average molecular weight is 338 g/mol. The Balaban J connectivity index is 1.69. The van der Waals surface area contributed by atoms with E-state index in [9.17, 15) is 4.79 Å². The molecule has 0 aliphatic carbocycles. The van der Waals surface area contributed by atoms with Gasteiger partial charge >= 0.3 is 0 Å². The van der Waals surface area contributed by atoms with Gasteiger partial charge in [0.05, 0.1) is 0 Å². The van der Waals surface area contributed by atoms with Crippen LogP contribution in [-0.4, -0.2) is 37.1 Å². The maximum Gasteiger partial charge on any atom is 0.251 e. The molecule has 0 unspecified atom stereocenters. The first-order valence-electron chi connectivity index (χ1n) is 9.05. The molecule has 1 aromatic carbocycles. The van der Waals surface area contributed by atoms with Crippen LogP contribution in [0.25, 0.3) is 0 Å². The van der Waals surface area contributed by atoms with Crippen LogP contribution in [0.4, 0.5) is 5.82 Å². The highest BCUT2D eigenvalue weighted by molar-refractivity contribution is 5.94. The van der Waals surface area contributed by atoms with Crippen molar-refractivity contribution in [3.63, 3.8) is 0 Å². The first-order valence-corrected chi connectivity index (χ1v) is 9.05. The van der Waals surface area contributed by atoms with Crippen LogP contribution in [0.2, 0.25) is 0 Å². The maximum atomic E-state index is 12.3. The van der Waals surface area contributed by atoms with E-state index in [4.69, 9.17) is 0 Å². The van der Waals surface area contributed by atoms with Gasteiger partial charge in [0.25, 0.3) is 5.91 Å². The van der Waals surface area contributed by atoms with Gasteiger partial charge in [0.2, 0.25) is 0 Å². The smallest absolute Gasteiger partial charge is 0.251 e. The number of aromatic nitrogens is 1. The van der Waals surface area contributed by atoms with Crippen LogP contribution in [0.3, 0.4) is 0 Å². The molecule has 2 N–H and O–H groups in total. The summed E-state index contributed by atoms with van der Waals surface area (Å²) in [6.45, 7) is 5.46. The Morgan fingerprint density at radius 3 is 2.96 bits per heavy atom. The van der Waals surface area contributed by atoms with Crippen molar-refractivity contribution in [2.45, 2.75) is 25.8 Å². The van der Waals surface area contributed by atoms with E-state index in [1.54, 1.807) is 12.3 Å². The summed E-state index contributed by atoms with van der Waals surface area (Å²) in [5.41, 5.74) is 1.96. The number of nitrogens with zero attached hydrogens (tertiary/aromatic N) is 2. The molecule has 5 heteroatoms. The second-order valence-electron chi connectivity index (χ2n) is 6.38. The molecule has 3 rings (SSSR count). The van der Waals surface area contributed by atoms with Gasteiger partial charge in [-0.25, -0.2) is 4.98 Å². The third kappa shape index (κ3) is 4.57. The predicted molar refractivity (Wildman–Crippen MR) is 101 cm³/mol. The molecule has 2 heterocycles. The van der Waals surface area contributed by atoms with E-state index in [1.165, 1.54) is 5.56 Å². The monoisotopic (exact) mass is 338 g/mol. The van der Waals surface area contributed by atoms with Crippen molar-refractivity contribution >= 4 is 11.7 Å². The number of pyridine rings is 1. The zero-order valence-corrected chi connectivity index (χ0v) is 14.7. The molecule has 1 saturated heterocycles. The Hall–Kier alpha value is -2.40. The van der Waals surface area contributed by atoms with Gasteiger partial charge in [0.1, 0.15) is 5.82 Å². The van der Waals surface area contributed by atoms with Crippen molar-refractivity contribution in [1.29, 1.82) is 0 Å². The second kappa shape index (κ2) is 8.62. The van der Waals surface area contributed by atoms with Gasteiger partial charge in [-0.3, -0.25) is 4.79 Å². The SMILES string of the molecule is CCCCNC(=O)c1ccnc(N2CCN[C@@H](c3ccccc3)C2)c1. The molecule has 1 aliphatic rings. The molecule has 1 aromatic heterocycles. The van der Waals surface area contributed by atoms with Crippen molar-refractivity contribution in [3.05, 3.63) is 59.8 Å². The van der Waals surface area contributed by atoms with E-state index in [0.717, 1.165) is 44.8 Å². The molecule has 0 bridgehead atoms. The lowest BCUT2D eigenvalue weighted by Crippen LogP contribution is -2.46. The molecule has 1 atom stereocenters. The molecule has 1 amide bonds. The van der Waals surface area contributed by atoms with Gasteiger partial charge in [-0.05, 0) is 24.1 Å². The van der Waals surface area contributed by atoms with E-state index < -0.39 is 0 Å². The second-order valence-corrected chi connectivity index (χ2v) is 6.38. The van der Waals surface area contributed by atoms with Crippen molar-refractivity contribution in [1.82, 2.24) is 15.6 Å².